The molecule has 4 heteroatoms. The van der Waals surface area contributed by atoms with Gasteiger partial charge in [-0.05, 0) is 18.9 Å². The van der Waals surface area contributed by atoms with Gasteiger partial charge in [0.2, 0.25) is 0 Å². The Labute approximate surface area is 106 Å². The van der Waals surface area contributed by atoms with Gasteiger partial charge in [-0.3, -0.25) is 0 Å². The predicted molar refractivity (Wildman–Crippen MR) is 67.2 cm³/mol. The Bertz CT molecular complexity index is 416. The van der Waals surface area contributed by atoms with Crippen molar-refractivity contribution >= 4 is 11.6 Å². The van der Waals surface area contributed by atoms with Crippen LogP contribution in [0.3, 0.4) is 0 Å². The molecule has 17 heavy (non-hydrogen) atoms. The number of ether oxygens (including phenoxy) is 1. The van der Waals surface area contributed by atoms with E-state index in [-0.39, 0.29) is 16.3 Å². The molecule has 1 fully saturated rings. The summed E-state index contributed by atoms with van der Waals surface area (Å²) in [7, 11) is 1.55. The van der Waals surface area contributed by atoms with Crippen LogP contribution in [0.1, 0.15) is 31.2 Å². The van der Waals surface area contributed by atoms with E-state index in [2.05, 4.69) is 0 Å². The number of methoxy groups -OCH3 is 1. The Morgan fingerprint density at radius 1 is 1.41 bits per heavy atom. The maximum absolute atomic E-state index is 14.2. The van der Waals surface area contributed by atoms with Gasteiger partial charge < -0.3 is 10.5 Å². The summed E-state index contributed by atoms with van der Waals surface area (Å²) in [6, 6.07) is 3.24. The van der Waals surface area contributed by atoms with Crippen LogP contribution in [0.25, 0.3) is 0 Å². The summed E-state index contributed by atoms with van der Waals surface area (Å²) in [5.74, 6) is 0.242. The summed E-state index contributed by atoms with van der Waals surface area (Å²) in [5, 5.41) is 0.110. The van der Waals surface area contributed by atoms with Crippen LogP contribution in [0.15, 0.2) is 12.1 Å². The summed E-state index contributed by atoms with van der Waals surface area (Å²) in [4.78, 5) is 0. The lowest BCUT2D eigenvalue weighted by Crippen LogP contribution is -2.33. The van der Waals surface area contributed by atoms with E-state index in [0.717, 1.165) is 25.7 Å². The molecular formula is C13H17ClFNO. The monoisotopic (exact) mass is 257 g/mol. The van der Waals surface area contributed by atoms with Crippen LogP contribution in [0, 0.1) is 5.82 Å². The molecular weight excluding hydrogens is 241 g/mol. The number of benzene rings is 1. The number of hydrogen-bond acceptors (Lipinski definition) is 2. The second-order valence-electron chi connectivity index (χ2n) is 4.66. The third-order valence-electron chi connectivity index (χ3n) is 3.76. The lowest BCUT2D eigenvalue weighted by atomic mass is 9.78. The second-order valence-corrected chi connectivity index (χ2v) is 5.07. The molecule has 0 amide bonds. The molecule has 0 radical (unpaired) electrons. The van der Waals surface area contributed by atoms with E-state index in [1.165, 1.54) is 6.07 Å². The first-order valence-corrected chi connectivity index (χ1v) is 6.24. The molecule has 0 unspecified atom stereocenters. The summed E-state index contributed by atoms with van der Waals surface area (Å²) < 4.78 is 19.3. The highest BCUT2D eigenvalue weighted by Gasteiger charge is 2.37. The van der Waals surface area contributed by atoms with Crippen LogP contribution in [-0.2, 0) is 5.41 Å². The molecule has 1 aromatic carbocycles. The Morgan fingerprint density at radius 2 is 2.06 bits per heavy atom. The van der Waals surface area contributed by atoms with Crippen molar-refractivity contribution in [3.05, 3.63) is 28.5 Å². The van der Waals surface area contributed by atoms with Crippen LogP contribution in [0.5, 0.6) is 5.75 Å². The lowest BCUT2D eigenvalue weighted by Gasteiger charge is -2.29. The van der Waals surface area contributed by atoms with Crippen molar-refractivity contribution in [2.45, 2.75) is 31.1 Å². The van der Waals surface area contributed by atoms with Crippen molar-refractivity contribution in [3.8, 4) is 5.75 Å². The van der Waals surface area contributed by atoms with Crippen molar-refractivity contribution in [1.82, 2.24) is 0 Å². The van der Waals surface area contributed by atoms with E-state index < -0.39 is 0 Å². The number of nitrogens with two attached hydrogens (primary N) is 1. The quantitative estimate of drug-likeness (QED) is 0.902. The van der Waals surface area contributed by atoms with E-state index in [0.29, 0.717) is 17.9 Å². The van der Waals surface area contributed by atoms with Gasteiger partial charge in [-0.2, -0.15) is 0 Å². The Hall–Kier alpha value is -0.800. The highest BCUT2D eigenvalue weighted by atomic mass is 35.5. The Morgan fingerprint density at radius 3 is 2.59 bits per heavy atom. The first-order chi connectivity index (χ1) is 8.13. The minimum atomic E-state index is -0.347. The fraction of sp³-hybridized carbons (Fsp3) is 0.538. The topological polar surface area (TPSA) is 35.2 Å². The zero-order valence-corrected chi connectivity index (χ0v) is 10.7. The molecule has 1 aliphatic rings. The maximum atomic E-state index is 14.2. The number of rotatable bonds is 3. The largest absolute Gasteiger partial charge is 0.497 e. The second kappa shape index (κ2) is 4.83. The van der Waals surface area contributed by atoms with Gasteiger partial charge in [0.25, 0.3) is 0 Å². The van der Waals surface area contributed by atoms with Gasteiger partial charge in [0.05, 0.1) is 12.1 Å². The van der Waals surface area contributed by atoms with E-state index in [4.69, 9.17) is 22.1 Å². The lowest BCUT2D eigenvalue weighted by molar-refractivity contribution is 0.398. The average Bonchev–Trinajstić information content (AvgIpc) is 2.82. The van der Waals surface area contributed by atoms with Crippen LogP contribution in [0.4, 0.5) is 4.39 Å². The van der Waals surface area contributed by atoms with Crippen LogP contribution in [0.2, 0.25) is 5.02 Å². The smallest absolute Gasteiger partial charge is 0.145 e. The maximum Gasteiger partial charge on any atom is 0.145 e. The molecule has 1 saturated carbocycles. The summed E-state index contributed by atoms with van der Waals surface area (Å²) in [5.41, 5.74) is 6.21. The van der Waals surface area contributed by atoms with Crippen LogP contribution >= 0.6 is 11.6 Å². The van der Waals surface area contributed by atoms with E-state index >= 15 is 0 Å². The minimum absolute atomic E-state index is 0.110. The van der Waals surface area contributed by atoms with Gasteiger partial charge in [0, 0.05) is 23.6 Å². The van der Waals surface area contributed by atoms with Crippen LogP contribution < -0.4 is 10.5 Å². The molecule has 2 nitrogen and oxygen atoms in total. The summed E-state index contributed by atoms with van der Waals surface area (Å²) in [6.45, 7) is 0.452. The first-order valence-electron chi connectivity index (χ1n) is 5.86. The molecule has 2 N–H and O–H groups in total. The van der Waals surface area contributed by atoms with Gasteiger partial charge in [0.15, 0.2) is 0 Å². The molecule has 1 aromatic rings. The highest BCUT2D eigenvalue weighted by molar-refractivity contribution is 6.31. The zero-order chi connectivity index (χ0) is 12.5. The van der Waals surface area contributed by atoms with Crippen LogP contribution in [-0.4, -0.2) is 13.7 Å². The molecule has 2 rings (SSSR count). The molecule has 0 aliphatic heterocycles. The summed E-state index contributed by atoms with van der Waals surface area (Å²) in [6.07, 6.45) is 4.02. The first kappa shape index (κ1) is 12.7. The third-order valence-corrected chi connectivity index (χ3v) is 4.04. The van der Waals surface area contributed by atoms with Crippen molar-refractivity contribution in [2.24, 2.45) is 5.73 Å². The molecule has 0 heterocycles. The molecule has 0 spiro atoms. The third kappa shape index (κ3) is 2.14. The fourth-order valence-electron chi connectivity index (χ4n) is 2.70. The Balaban J connectivity index is 2.52. The number of hydrogen-bond donors (Lipinski definition) is 1. The minimum Gasteiger partial charge on any atom is -0.497 e. The van der Waals surface area contributed by atoms with Crippen molar-refractivity contribution in [2.75, 3.05) is 13.7 Å². The highest BCUT2D eigenvalue weighted by Crippen LogP contribution is 2.43. The van der Waals surface area contributed by atoms with Gasteiger partial charge in [-0.1, -0.05) is 24.4 Å². The fourth-order valence-corrected chi connectivity index (χ4v) is 2.91. The van der Waals surface area contributed by atoms with Gasteiger partial charge in [-0.15, -0.1) is 0 Å². The zero-order valence-electron chi connectivity index (χ0n) is 9.93. The molecule has 0 bridgehead atoms. The van der Waals surface area contributed by atoms with E-state index in [1.54, 1.807) is 13.2 Å². The average molecular weight is 258 g/mol. The summed E-state index contributed by atoms with van der Waals surface area (Å²) >= 11 is 5.90. The van der Waals surface area contributed by atoms with Crippen molar-refractivity contribution in [3.63, 3.8) is 0 Å². The normalized spacial score (nSPS) is 18.4. The standard InChI is InChI=1S/C13H17ClFNO/c1-17-9-6-10(12(15)11(14)7-9)13(8-16)4-2-3-5-13/h6-7H,2-5,8,16H2,1H3. The number of halogens is 2. The van der Waals surface area contributed by atoms with E-state index in [1.807, 2.05) is 0 Å². The van der Waals surface area contributed by atoms with Gasteiger partial charge in [-0.25, -0.2) is 4.39 Å². The predicted octanol–water partition coefficient (Wildman–Crippen LogP) is 3.26. The van der Waals surface area contributed by atoms with Gasteiger partial charge >= 0.3 is 0 Å². The molecule has 94 valence electrons. The van der Waals surface area contributed by atoms with Crippen molar-refractivity contribution in [1.29, 1.82) is 0 Å². The molecule has 1 aliphatic carbocycles. The molecule has 0 aromatic heterocycles. The SMILES string of the molecule is COc1cc(Cl)c(F)c(C2(CN)CCCC2)c1. The molecule has 0 saturated heterocycles. The van der Waals surface area contributed by atoms with Crippen molar-refractivity contribution < 1.29 is 9.13 Å². The molecule has 0 atom stereocenters. The Kier molecular flexibility index (Phi) is 3.59. The van der Waals surface area contributed by atoms with Gasteiger partial charge in [0.1, 0.15) is 11.6 Å². The van der Waals surface area contributed by atoms with E-state index in [9.17, 15) is 4.39 Å².